The van der Waals surface area contributed by atoms with Crippen LogP contribution < -0.4 is 5.32 Å². The molecule has 3 rings (SSSR count). The molecule has 1 amide bonds. The number of rotatable bonds is 5. The minimum absolute atomic E-state index is 0.227. The molecule has 2 N–H and O–H groups in total. The molecule has 0 saturated carbocycles. The number of carbonyl (C=O) groups excluding carboxylic acids is 1. The highest BCUT2D eigenvalue weighted by molar-refractivity contribution is 7.20. The number of ether oxygens (including phenoxy) is 1. The van der Waals surface area contributed by atoms with E-state index >= 15 is 0 Å². The Bertz CT molecular complexity index is 1010. The first-order chi connectivity index (χ1) is 13.1. The van der Waals surface area contributed by atoms with Gasteiger partial charge in [0.05, 0.1) is 0 Å². The summed E-state index contributed by atoms with van der Waals surface area (Å²) in [5.74, 6) is 5.10. The number of carboxylic acid groups (broad SMARTS) is 1. The van der Waals surface area contributed by atoms with Crippen LogP contribution in [0.4, 0.5) is 4.79 Å². The van der Waals surface area contributed by atoms with Gasteiger partial charge in [-0.2, -0.15) is 0 Å². The van der Waals surface area contributed by atoms with Crippen LogP contribution in [-0.4, -0.2) is 23.7 Å². The first-order valence-corrected chi connectivity index (χ1v) is 9.14. The van der Waals surface area contributed by atoms with Gasteiger partial charge >= 0.3 is 12.1 Å². The van der Waals surface area contributed by atoms with Crippen LogP contribution in [-0.2, 0) is 11.3 Å². The van der Waals surface area contributed by atoms with E-state index in [2.05, 4.69) is 17.2 Å². The summed E-state index contributed by atoms with van der Waals surface area (Å²) in [6, 6.07) is 16.7. The number of alkyl carbamates (subject to hydrolysis) is 1. The molecule has 6 heteroatoms. The van der Waals surface area contributed by atoms with Gasteiger partial charge in [-0.25, -0.2) is 9.59 Å². The normalized spacial score (nSPS) is 10.1. The van der Waals surface area contributed by atoms with E-state index in [-0.39, 0.29) is 6.61 Å². The Labute approximate surface area is 160 Å². The molecule has 136 valence electrons. The van der Waals surface area contributed by atoms with Gasteiger partial charge in [0.2, 0.25) is 0 Å². The van der Waals surface area contributed by atoms with E-state index in [1.165, 1.54) is 11.3 Å². The summed E-state index contributed by atoms with van der Waals surface area (Å²) in [7, 11) is 0. The molecular formula is C21H17NO4S. The maximum absolute atomic E-state index is 11.7. The smallest absolute Gasteiger partial charge is 0.407 e. The molecule has 0 spiro atoms. The first kappa shape index (κ1) is 18.5. The van der Waals surface area contributed by atoms with Crippen LogP contribution in [0.3, 0.4) is 0 Å². The molecule has 0 unspecified atom stereocenters. The van der Waals surface area contributed by atoms with E-state index in [1.54, 1.807) is 6.07 Å². The van der Waals surface area contributed by atoms with Crippen molar-refractivity contribution in [2.45, 2.75) is 13.0 Å². The number of nitrogens with one attached hydrogen (secondary N) is 1. The zero-order valence-corrected chi connectivity index (χ0v) is 15.2. The Balaban J connectivity index is 1.50. The molecule has 0 saturated heterocycles. The van der Waals surface area contributed by atoms with Crippen LogP contribution >= 0.6 is 11.3 Å². The lowest BCUT2D eigenvalue weighted by Crippen LogP contribution is -2.24. The van der Waals surface area contributed by atoms with Crippen molar-refractivity contribution in [3.8, 4) is 11.8 Å². The van der Waals surface area contributed by atoms with Gasteiger partial charge in [0.1, 0.15) is 11.5 Å². The van der Waals surface area contributed by atoms with Crippen LogP contribution in [0.15, 0.2) is 54.6 Å². The number of thiophene rings is 1. The fourth-order valence-corrected chi connectivity index (χ4v) is 3.36. The van der Waals surface area contributed by atoms with Gasteiger partial charge in [-0.1, -0.05) is 48.2 Å². The summed E-state index contributed by atoms with van der Waals surface area (Å²) in [5.41, 5.74) is 1.71. The Morgan fingerprint density at radius 3 is 2.70 bits per heavy atom. The van der Waals surface area contributed by atoms with Crippen molar-refractivity contribution < 1.29 is 19.4 Å². The third-order valence-electron chi connectivity index (χ3n) is 3.73. The Hall–Kier alpha value is -3.30. The molecule has 0 aliphatic carbocycles. The number of hydrogen-bond acceptors (Lipinski definition) is 4. The van der Waals surface area contributed by atoms with Crippen LogP contribution in [0.2, 0.25) is 0 Å². The van der Waals surface area contributed by atoms with E-state index < -0.39 is 12.1 Å². The molecule has 0 atom stereocenters. The SMILES string of the molecule is O=C(NCCC#Cc1cccc2sc(C(=O)O)cc12)OCc1ccccc1. The Kier molecular flexibility index (Phi) is 6.08. The van der Waals surface area contributed by atoms with Gasteiger partial charge in [-0.15, -0.1) is 11.3 Å². The van der Waals surface area contributed by atoms with Gasteiger partial charge in [0.15, 0.2) is 0 Å². The van der Waals surface area contributed by atoms with Crippen molar-refractivity contribution in [2.75, 3.05) is 6.54 Å². The average molecular weight is 379 g/mol. The molecule has 2 aromatic carbocycles. The van der Waals surface area contributed by atoms with Gasteiger partial charge in [0.25, 0.3) is 0 Å². The lowest BCUT2D eigenvalue weighted by atomic mass is 10.1. The molecule has 0 bridgehead atoms. The van der Waals surface area contributed by atoms with E-state index in [1.807, 2.05) is 48.5 Å². The number of fused-ring (bicyclic) bond motifs is 1. The zero-order chi connectivity index (χ0) is 19.1. The topological polar surface area (TPSA) is 75.6 Å². The van der Waals surface area contributed by atoms with Gasteiger partial charge in [0, 0.05) is 28.6 Å². The average Bonchev–Trinajstić information content (AvgIpc) is 3.12. The van der Waals surface area contributed by atoms with Crippen molar-refractivity contribution in [3.63, 3.8) is 0 Å². The molecule has 0 aliphatic rings. The molecule has 27 heavy (non-hydrogen) atoms. The highest BCUT2D eigenvalue weighted by Crippen LogP contribution is 2.28. The molecule has 5 nitrogen and oxygen atoms in total. The second-order valence-electron chi connectivity index (χ2n) is 5.67. The third kappa shape index (κ3) is 5.09. The van der Waals surface area contributed by atoms with E-state index in [4.69, 9.17) is 9.84 Å². The fraction of sp³-hybridized carbons (Fsp3) is 0.143. The zero-order valence-electron chi connectivity index (χ0n) is 14.4. The van der Waals surface area contributed by atoms with Crippen LogP contribution in [0.1, 0.15) is 27.2 Å². The summed E-state index contributed by atoms with van der Waals surface area (Å²) in [6.45, 7) is 0.602. The number of amides is 1. The van der Waals surface area contributed by atoms with Crippen LogP contribution in [0.25, 0.3) is 10.1 Å². The third-order valence-corrected chi connectivity index (χ3v) is 4.82. The molecule has 0 radical (unpaired) electrons. The van der Waals surface area contributed by atoms with Gasteiger partial charge in [-0.3, -0.25) is 0 Å². The molecule has 3 aromatic rings. The number of carbonyl (C=O) groups is 2. The van der Waals surface area contributed by atoms with Crippen molar-refractivity contribution in [1.82, 2.24) is 5.32 Å². The highest BCUT2D eigenvalue weighted by Gasteiger charge is 2.09. The lowest BCUT2D eigenvalue weighted by molar-refractivity contribution is 0.0702. The van der Waals surface area contributed by atoms with Crippen LogP contribution in [0, 0.1) is 11.8 Å². The Morgan fingerprint density at radius 2 is 1.93 bits per heavy atom. The fourth-order valence-electron chi connectivity index (χ4n) is 2.43. The minimum atomic E-state index is -0.937. The van der Waals surface area contributed by atoms with Crippen molar-refractivity contribution in [3.05, 3.63) is 70.6 Å². The monoisotopic (exact) mass is 379 g/mol. The number of benzene rings is 2. The minimum Gasteiger partial charge on any atom is -0.477 e. The highest BCUT2D eigenvalue weighted by atomic mass is 32.1. The van der Waals surface area contributed by atoms with E-state index in [0.717, 1.165) is 21.2 Å². The predicted octanol–water partition coefficient (Wildman–Crippen LogP) is 4.27. The van der Waals surface area contributed by atoms with Crippen LogP contribution in [0.5, 0.6) is 0 Å². The second-order valence-corrected chi connectivity index (χ2v) is 6.76. The second kappa shape index (κ2) is 8.88. The molecule has 1 heterocycles. The summed E-state index contributed by atoms with van der Waals surface area (Å²) >= 11 is 1.23. The predicted molar refractivity (Wildman–Crippen MR) is 105 cm³/mol. The van der Waals surface area contributed by atoms with E-state index in [0.29, 0.717) is 17.8 Å². The maximum atomic E-state index is 11.7. The van der Waals surface area contributed by atoms with Crippen molar-refractivity contribution in [1.29, 1.82) is 0 Å². The standard InChI is InChI=1S/C21H17NO4S/c23-20(24)19-13-17-16(10-6-11-18(17)27-19)9-4-5-12-22-21(25)26-14-15-7-2-1-3-8-15/h1-3,6-8,10-11,13H,5,12,14H2,(H,22,25)(H,23,24). The van der Waals surface area contributed by atoms with E-state index in [9.17, 15) is 9.59 Å². The Morgan fingerprint density at radius 1 is 1.11 bits per heavy atom. The molecule has 0 aliphatic heterocycles. The maximum Gasteiger partial charge on any atom is 0.407 e. The summed E-state index contributed by atoms with van der Waals surface area (Å²) < 4.78 is 6.01. The number of hydrogen-bond donors (Lipinski definition) is 2. The largest absolute Gasteiger partial charge is 0.477 e. The molecular weight excluding hydrogens is 362 g/mol. The summed E-state index contributed by atoms with van der Waals surface area (Å²) in [5, 5.41) is 12.6. The van der Waals surface area contributed by atoms with Gasteiger partial charge < -0.3 is 15.2 Å². The number of aromatic carboxylic acids is 1. The molecule has 0 fully saturated rings. The lowest BCUT2D eigenvalue weighted by Gasteiger charge is -2.05. The molecule has 1 aromatic heterocycles. The first-order valence-electron chi connectivity index (χ1n) is 8.33. The summed E-state index contributed by atoms with van der Waals surface area (Å²) in [6.07, 6.45) is -0.0149. The van der Waals surface area contributed by atoms with Gasteiger partial charge in [-0.05, 0) is 23.8 Å². The quantitative estimate of drug-likeness (QED) is 0.513. The van der Waals surface area contributed by atoms with Crippen molar-refractivity contribution >= 4 is 33.5 Å². The van der Waals surface area contributed by atoms with Crippen molar-refractivity contribution in [2.24, 2.45) is 0 Å². The summed E-state index contributed by atoms with van der Waals surface area (Å²) in [4.78, 5) is 23.1. The number of carboxylic acids is 1.